The Hall–Kier alpha value is -1.18. The molecule has 2 nitrogen and oxygen atoms in total. The predicted octanol–water partition coefficient (Wildman–Crippen LogP) is 5.07. The molecule has 0 heterocycles. The van der Waals surface area contributed by atoms with E-state index in [0.717, 1.165) is 15.4 Å². The maximum atomic E-state index is 9.80. The minimum absolute atomic E-state index is 0.478. The molecule has 0 aliphatic rings. The van der Waals surface area contributed by atoms with Crippen LogP contribution in [0.15, 0.2) is 46.2 Å². The minimum Gasteiger partial charge on any atom is -0.389 e. The number of aliphatic hydroxyl groups is 1. The molecular weight excluding hydrogens is 313 g/mol. The van der Waals surface area contributed by atoms with E-state index in [2.05, 4.69) is 6.07 Å². The fraction of sp³-hybridized carbons (Fsp3) is 0.133. The van der Waals surface area contributed by atoms with Crippen LogP contribution in [0.2, 0.25) is 10.0 Å². The molecular formula is C15H11Cl2NOS. The highest BCUT2D eigenvalue weighted by Crippen LogP contribution is 2.36. The van der Waals surface area contributed by atoms with Gasteiger partial charge in [0.1, 0.15) is 0 Å². The number of hydrogen-bond acceptors (Lipinski definition) is 3. The topological polar surface area (TPSA) is 44.0 Å². The number of nitriles is 1. The second-order valence-electron chi connectivity index (χ2n) is 4.22. The molecule has 1 N–H and O–H groups in total. The molecule has 1 atom stereocenters. The molecule has 0 aromatic heterocycles. The van der Waals surface area contributed by atoms with E-state index in [9.17, 15) is 5.11 Å². The van der Waals surface area contributed by atoms with Crippen LogP contribution in [0.1, 0.15) is 24.2 Å². The van der Waals surface area contributed by atoms with Crippen LogP contribution in [0.5, 0.6) is 0 Å². The molecule has 0 saturated heterocycles. The smallest absolute Gasteiger partial charge is 0.0992 e. The number of halogens is 2. The summed E-state index contributed by atoms with van der Waals surface area (Å²) >= 11 is 13.3. The molecule has 0 radical (unpaired) electrons. The van der Waals surface area contributed by atoms with Crippen molar-refractivity contribution in [1.29, 1.82) is 5.26 Å². The third-order valence-electron chi connectivity index (χ3n) is 2.71. The van der Waals surface area contributed by atoms with Crippen molar-refractivity contribution in [2.45, 2.75) is 22.8 Å². The van der Waals surface area contributed by atoms with Crippen molar-refractivity contribution in [1.82, 2.24) is 0 Å². The molecule has 0 spiro atoms. The lowest BCUT2D eigenvalue weighted by molar-refractivity contribution is 0.196. The van der Waals surface area contributed by atoms with Gasteiger partial charge in [-0.15, -0.1) is 0 Å². The van der Waals surface area contributed by atoms with Gasteiger partial charge in [0.15, 0.2) is 0 Å². The summed E-state index contributed by atoms with van der Waals surface area (Å²) in [6.07, 6.45) is -0.604. The van der Waals surface area contributed by atoms with Crippen LogP contribution >= 0.6 is 35.0 Å². The van der Waals surface area contributed by atoms with E-state index in [0.29, 0.717) is 15.6 Å². The number of hydrogen-bond donors (Lipinski definition) is 1. The molecule has 0 aliphatic carbocycles. The Morgan fingerprint density at radius 3 is 2.50 bits per heavy atom. The van der Waals surface area contributed by atoms with Crippen molar-refractivity contribution < 1.29 is 5.11 Å². The average Bonchev–Trinajstić information content (AvgIpc) is 2.42. The Kier molecular flexibility index (Phi) is 4.95. The third kappa shape index (κ3) is 3.47. The number of nitrogens with zero attached hydrogens (tertiary/aromatic N) is 1. The van der Waals surface area contributed by atoms with Crippen molar-refractivity contribution in [2.75, 3.05) is 0 Å². The summed E-state index contributed by atoms with van der Waals surface area (Å²) in [7, 11) is 0. The Balaban J connectivity index is 2.40. The van der Waals surface area contributed by atoms with Gasteiger partial charge in [0, 0.05) is 9.79 Å². The molecule has 2 aromatic rings. The average molecular weight is 324 g/mol. The molecule has 0 unspecified atom stereocenters. The van der Waals surface area contributed by atoms with Gasteiger partial charge in [0.25, 0.3) is 0 Å². The standard InChI is InChI=1S/C15H11Cl2NOS/c1-9(19)12-4-2-10(8-18)6-15(12)20-11-3-5-13(16)14(17)7-11/h2-7,9,19H,1H3/t9-/m0/s1. The monoisotopic (exact) mass is 323 g/mol. The van der Waals surface area contributed by atoms with Gasteiger partial charge in [-0.3, -0.25) is 0 Å². The Bertz CT molecular complexity index is 680. The van der Waals surface area contributed by atoms with E-state index in [1.807, 2.05) is 6.07 Å². The van der Waals surface area contributed by atoms with E-state index in [4.69, 9.17) is 28.5 Å². The fourth-order valence-electron chi connectivity index (χ4n) is 1.70. The third-order valence-corrected chi connectivity index (χ3v) is 4.51. The zero-order valence-electron chi connectivity index (χ0n) is 10.6. The van der Waals surface area contributed by atoms with Crippen molar-refractivity contribution in [3.05, 3.63) is 57.6 Å². The zero-order valence-corrected chi connectivity index (χ0v) is 12.9. The second-order valence-corrected chi connectivity index (χ2v) is 6.15. The van der Waals surface area contributed by atoms with Gasteiger partial charge < -0.3 is 5.11 Å². The first-order chi connectivity index (χ1) is 9.51. The number of rotatable bonds is 3. The van der Waals surface area contributed by atoms with Crippen LogP contribution in [0.25, 0.3) is 0 Å². The molecule has 102 valence electrons. The maximum Gasteiger partial charge on any atom is 0.0992 e. The summed E-state index contributed by atoms with van der Waals surface area (Å²) in [5.41, 5.74) is 1.33. The second kappa shape index (κ2) is 6.51. The lowest BCUT2D eigenvalue weighted by atomic mass is 10.1. The first-order valence-corrected chi connectivity index (χ1v) is 7.43. The predicted molar refractivity (Wildman–Crippen MR) is 82.4 cm³/mol. The molecule has 0 amide bonds. The van der Waals surface area contributed by atoms with Gasteiger partial charge >= 0.3 is 0 Å². The van der Waals surface area contributed by atoms with Crippen LogP contribution in [-0.2, 0) is 0 Å². The normalized spacial score (nSPS) is 11.9. The first-order valence-electron chi connectivity index (χ1n) is 5.86. The van der Waals surface area contributed by atoms with Crippen LogP contribution in [0.3, 0.4) is 0 Å². The Morgan fingerprint density at radius 2 is 1.90 bits per heavy atom. The lowest BCUT2D eigenvalue weighted by Crippen LogP contribution is -1.94. The van der Waals surface area contributed by atoms with E-state index >= 15 is 0 Å². The summed E-state index contributed by atoms with van der Waals surface area (Å²) in [4.78, 5) is 1.73. The maximum absolute atomic E-state index is 9.80. The van der Waals surface area contributed by atoms with E-state index in [1.54, 1.807) is 37.3 Å². The highest BCUT2D eigenvalue weighted by Gasteiger charge is 2.11. The summed E-state index contributed by atoms with van der Waals surface area (Å²) in [6, 6.07) is 12.7. The van der Waals surface area contributed by atoms with Gasteiger partial charge in [-0.25, -0.2) is 0 Å². The SMILES string of the molecule is C[C@H](O)c1ccc(C#N)cc1Sc1ccc(Cl)c(Cl)c1. The van der Waals surface area contributed by atoms with Crippen LogP contribution in [0, 0.1) is 11.3 Å². The van der Waals surface area contributed by atoms with Crippen LogP contribution in [0.4, 0.5) is 0 Å². The quantitative estimate of drug-likeness (QED) is 0.857. The molecule has 0 bridgehead atoms. The Morgan fingerprint density at radius 1 is 1.15 bits per heavy atom. The summed E-state index contributed by atoms with van der Waals surface area (Å²) in [6.45, 7) is 1.69. The van der Waals surface area contributed by atoms with Gasteiger partial charge in [0.2, 0.25) is 0 Å². The molecule has 20 heavy (non-hydrogen) atoms. The molecule has 0 aliphatic heterocycles. The molecule has 0 saturated carbocycles. The van der Waals surface area contributed by atoms with Crippen molar-refractivity contribution in [3.63, 3.8) is 0 Å². The first kappa shape index (κ1) is 15.2. The minimum atomic E-state index is -0.604. The lowest BCUT2D eigenvalue weighted by Gasteiger charge is -2.12. The Labute approximate surface area is 131 Å². The van der Waals surface area contributed by atoms with E-state index < -0.39 is 6.10 Å². The van der Waals surface area contributed by atoms with Crippen molar-refractivity contribution in [3.8, 4) is 6.07 Å². The number of benzene rings is 2. The molecule has 2 aromatic carbocycles. The van der Waals surface area contributed by atoms with Gasteiger partial charge in [0.05, 0.1) is 27.8 Å². The van der Waals surface area contributed by atoms with E-state index in [-0.39, 0.29) is 0 Å². The van der Waals surface area contributed by atoms with Gasteiger partial charge in [-0.05, 0) is 42.8 Å². The summed E-state index contributed by atoms with van der Waals surface area (Å²) < 4.78 is 0. The van der Waals surface area contributed by atoms with Gasteiger partial charge in [-0.1, -0.05) is 41.0 Å². The highest BCUT2D eigenvalue weighted by atomic mass is 35.5. The summed E-state index contributed by atoms with van der Waals surface area (Å²) in [5.74, 6) is 0. The highest BCUT2D eigenvalue weighted by molar-refractivity contribution is 7.99. The molecule has 2 rings (SSSR count). The van der Waals surface area contributed by atoms with Crippen LogP contribution < -0.4 is 0 Å². The van der Waals surface area contributed by atoms with Gasteiger partial charge in [-0.2, -0.15) is 5.26 Å². The molecule has 0 fully saturated rings. The van der Waals surface area contributed by atoms with Crippen molar-refractivity contribution in [2.24, 2.45) is 0 Å². The number of aliphatic hydroxyl groups excluding tert-OH is 1. The zero-order chi connectivity index (χ0) is 14.7. The fourth-order valence-corrected chi connectivity index (χ4v) is 3.18. The van der Waals surface area contributed by atoms with Crippen LogP contribution in [-0.4, -0.2) is 5.11 Å². The molecule has 5 heteroatoms. The van der Waals surface area contributed by atoms with E-state index in [1.165, 1.54) is 11.8 Å². The van der Waals surface area contributed by atoms with Crippen molar-refractivity contribution >= 4 is 35.0 Å². The largest absolute Gasteiger partial charge is 0.389 e. The summed E-state index contributed by atoms with van der Waals surface area (Å²) in [5, 5.41) is 19.8.